The van der Waals surface area contributed by atoms with Crippen molar-refractivity contribution in [3.63, 3.8) is 0 Å². The van der Waals surface area contributed by atoms with E-state index in [0.29, 0.717) is 6.54 Å². The number of nitrogens with zero attached hydrogens (tertiary/aromatic N) is 2. The number of aromatic nitrogens is 1. The zero-order valence-electron chi connectivity index (χ0n) is 14.7. The molecule has 0 saturated carbocycles. The highest BCUT2D eigenvalue weighted by Gasteiger charge is 2.23. The molecule has 0 bridgehead atoms. The first-order valence-corrected chi connectivity index (χ1v) is 8.86. The summed E-state index contributed by atoms with van der Waals surface area (Å²) in [7, 11) is 0. The molecule has 23 heavy (non-hydrogen) atoms. The molecule has 1 aliphatic heterocycles. The normalized spacial score (nSPS) is 15.5. The van der Waals surface area contributed by atoms with Crippen LogP contribution in [0.2, 0.25) is 0 Å². The third-order valence-electron chi connectivity index (χ3n) is 3.59. The maximum Gasteiger partial charge on any atom is 0.410 e. The highest BCUT2D eigenvalue weighted by atomic mass is 32.1. The molecule has 2 rings (SSSR count). The molecular weight excluding hydrogens is 310 g/mol. The number of rotatable bonds is 4. The van der Waals surface area contributed by atoms with E-state index < -0.39 is 5.60 Å². The van der Waals surface area contributed by atoms with Gasteiger partial charge in [-0.2, -0.15) is 0 Å². The van der Waals surface area contributed by atoms with Crippen LogP contribution in [0.15, 0.2) is 11.6 Å². The monoisotopic (exact) mass is 337 g/mol. The van der Waals surface area contributed by atoms with Gasteiger partial charge in [-0.3, -0.25) is 0 Å². The summed E-state index contributed by atoms with van der Waals surface area (Å²) in [6, 6.07) is 0. The second-order valence-corrected chi connectivity index (χ2v) is 8.17. The molecular formula is C17H27N3O2S. The van der Waals surface area contributed by atoms with E-state index in [-0.39, 0.29) is 6.09 Å². The Morgan fingerprint density at radius 1 is 1.39 bits per heavy atom. The zero-order valence-corrected chi connectivity index (χ0v) is 15.5. The van der Waals surface area contributed by atoms with Crippen molar-refractivity contribution in [2.45, 2.75) is 53.2 Å². The molecule has 1 aromatic rings. The summed E-state index contributed by atoms with van der Waals surface area (Å²) in [6.45, 7) is 12.8. The van der Waals surface area contributed by atoms with E-state index >= 15 is 0 Å². The maximum atomic E-state index is 12.0. The molecule has 1 N–H and O–H groups in total. The molecule has 6 heteroatoms. The van der Waals surface area contributed by atoms with Crippen molar-refractivity contribution in [1.29, 1.82) is 0 Å². The minimum absolute atomic E-state index is 0.225. The summed E-state index contributed by atoms with van der Waals surface area (Å²) in [5.74, 6) is 0. The zero-order chi connectivity index (χ0) is 17.0. The van der Waals surface area contributed by atoms with Crippen molar-refractivity contribution in [2.24, 2.45) is 0 Å². The molecule has 1 aliphatic rings. The third-order valence-corrected chi connectivity index (χ3v) is 4.66. The Balaban J connectivity index is 1.76. The van der Waals surface area contributed by atoms with Gasteiger partial charge in [-0.15, -0.1) is 11.3 Å². The Kier molecular flexibility index (Phi) is 5.81. The largest absolute Gasteiger partial charge is 0.444 e. The third kappa shape index (κ3) is 5.62. The molecule has 0 saturated heterocycles. The molecule has 2 heterocycles. The lowest BCUT2D eigenvalue weighted by Crippen LogP contribution is -2.39. The maximum absolute atomic E-state index is 12.0. The molecule has 0 radical (unpaired) electrons. The number of amides is 1. The fourth-order valence-electron chi connectivity index (χ4n) is 2.44. The number of carbonyl (C=O) groups excluding carboxylic acids is 1. The fraction of sp³-hybridized carbons (Fsp3) is 0.647. The van der Waals surface area contributed by atoms with E-state index in [4.69, 9.17) is 4.74 Å². The topological polar surface area (TPSA) is 54.5 Å². The van der Waals surface area contributed by atoms with Gasteiger partial charge in [-0.1, -0.05) is 11.6 Å². The van der Waals surface area contributed by atoms with Crippen LogP contribution in [0, 0.1) is 13.8 Å². The SMILES string of the molecule is Cc1nc(C)c(CNCC2=CCN(C(=O)OC(C)(C)C)CC2)s1. The van der Waals surface area contributed by atoms with Gasteiger partial charge in [0.05, 0.1) is 10.7 Å². The van der Waals surface area contributed by atoms with Crippen LogP contribution in [0.5, 0.6) is 0 Å². The summed E-state index contributed by atoms with van der Waals surface area (Å²) in [4.78, 5) is 19.5. The van der Waals surface area contributed by atoms with Crippen molar-refractivity contribution in [3.05, 3.63) is 27.2 Å². The van der Waals surface area contributed by atoms with E-state index in [1.807, 2.05) is 27.7 Å². The molecule has 0 aliphatic carbocycles. The predicted octanol–water partition coefficient (Wildman–Crippen LogP) is 3.42. The van der Waals surface area contributed by atoms with Gasteiger partial charge < -0.3 is 15.0 Å². The van der Waals surface area contributed by atoms with Gasteiger partial charge in [-0.05, 0) is 41.0 Å². The molecule has 0 aromatic carbocycles. The van der Waals surface area contributed by atoms with Crippen LogP contribution in [0.4, 0.5) is 4.79 Å². The van der Waals surface area contributed by atoms with E-state index in [1.54, 1.807) is 16.2 Å². The van der Waals surface area contributed by atoms with E-state index in [1.165, 1.54) is 10.5 Å². The highest BCUT2D eigenvalue weighted by molar-refractivity contribution is 7.11. The van der Waals surface area contributed by atoms with Crippen molar-refractivity contribution in [2.75, 3.05) is 19.6 Å². The highest BCUT2D eigenvalue weighted by Crippen LogP contribution is 2.18. The van der Waals surface area contributed by atoms with Crippen LogP contribution in [0.25, 0.3) is 0 Å². The van der Waals surface area contributed by atoms with Crippen LogP contribution in [-0.4, -0.2) is 41.2 Å². The van der Waals surface area contributed by atoms with Gasteiger partial charge >= 0.3 is 6.09 Å². The lowest BCUT2D eigenvalue weighted by Gasteiger charge is -2.29. The lowest BCUT2D eigenvalue weighted by molar-refractivity contribution is 0.0265. The summed E-state index contributed by atoms with van der Waals surface area (Å²) in [5, 5.41) is 4.59. The Labute approximate surface area is 142 Å². The molecule has 0 atom stereocenters. The Hall–Kier alpha value is -1.40. The van der Waals surface area contributed by atoms with Gasteiger partial charge in [0.25, 0.3) is 0 Å². The number of hydrogen-bond acceptors (Lipinski definition) is 5. The molecule has 0 fully saturated rings. The number of thiazole rings is 1. The van der Waals surface area contributed by atoms with Crippen molar-refractivity contribution in [1.82, 2.24) is 15.2 Å². The summed E-state index contributed by atoms with van der Waals surface area (Å²) in [6.07, 6.45) is 2.80. The molecule has 0 unspecified atom stereocenters. The van der Waals surface area contributed by atoms with Crippen molar-refractivity contribution >= 4 is 17.4 Å². The number of hydrogen-bond donors (Lipinski definition) is 1. The second kappa shape index (κ2) is 7.45. The number of aryl methyl sites for hydroxylation is 2. The molecule has 0 spiro atoms. The minimum Gasteiger partial charge on any atom is -0.444 e. The standard InChI is InChI=1S/C17H27N3O2S/c1-12-15(23-13(2)19-12)11-18-10-14-6-8-20(9-7-14)16(21)22-17(3,4)5/h6,18H,7-11H2,1-5H3. The number of carbonyl (C=O) groups is 1. The van der Waals surface area contributed by atoms with Gasteiger partial charge in [0, 0.05) is 31.1 Å². The molecule has 5 nitrogen and oxygen atoms in total. The number of nitrogens with one attached hydrogen (secondary N) is 1. The first-order chi connectivity index (χ1) is 10.7. The van der Waals surface area contributed by atoms with E-state index in [2.05, 4.69) is 23.3 Å². The predicted molar refractivity (Wildman–Crippen MR) is 93.8 cm³/mol. The van der Waals surface area contributed by atoms with Crippen LogP contribution >= 0.6 is 11.3 Å². The van der Waals surface area contributed by atoms with Crippen molar-refractivity contribution in [3.8, 4) is 0 Å². The second-order valence-electron chi connectivity index (χ2n) is 6.88. The Morgan fingerprint density at radius 2 is 2.13 bits per heavy atom. The smallest absolute Gasteiger partial charge is 0.410 e. The van der Waals surface area contributed by atoms with Gasteiger partial charge in [0.2, 0.25) is 0 Å². The summed E-state index contributed by atoms with van der Waals surface area (Å²) in [5.41, 5.74) is 2.03. The lowest BCUT2D eigenvalue weighted by atomic mass is 10.1. The average Bonchev–Trinajstić information content (AvgIpc) is 2.76. The van der Waals surface area contributed by atoms with E-state index in [9.17, 15) is 4.79 Å². The molecule has 1 aromatic heterocycles. The van der Waals surface area contributed by atoms with Crippen LogP contribution in [0.3, 0.4) is 0 Å². The fourth-order valence-corrected chi connectivity index (χ4v) is 3.34. The first-order valence-electron chi connectivity index (χ1n) is 8.04. The van der Waals surface area contributed by atoms with E-state index in [0.717, 1.165) is 36.8 Å². The van der Waals surface area contributed by atoms with Crippen LogP contribution in [-0.2, 0) is 11.3 Å². The average molecular weight is 337 g/mol. The Bertz CT molecular complexity index is 587. The first kappa shape index (κ1) is 17.9. The summed E-state index contributed by atoms with van der Waals surface area (Å²) < 4.78 is 5.40. The van der Waals surface area contributed by atoms with Gasteiger partial charge in [-0.25, -0.2) is 9.78 Å². The van der Waals surface area contributed by atoms with Gasteiger partial charge in [0.15, 0.2) is 0 Å². The van der Waals surface area contributed by atoms with Crippen LogP contribution in [0.1, 0.15) is 42.8 Å². The van der Waals surface area contributed by atoms with Crippen LogP contribution < -0.4 is 5.32 Å². The Morgan fingerprint density at radius 3 is 2.65 bits per heavy atom. The van der Waals surface area contributed by atoms with Crippen molar-refractivity contribution < 1.29 is 9.53 Å². The van der Waals surface area contributed by atoms with Gasteiger partial charge in [0.1, 0.15) is 5.60 Å². The quantitative estimate of drug-likeness (QED) is 0.856. The molecule has 1 amide bonds. The minimum atomic E-state index is -0.437. The molecule has 128 valence electrons. The summed E-state index contributed by atoms with van der Waals surface area (Å²) >= 11 is 1.75. The number of ether oxygens (including phenoxy) is 1.